The Morgan fingerprint density at radius 1 is 1.28 bits per heavy atom. The van der Waals surface area contributed by atoms with Crippen LogP contribution in [0.25, 0.3) is 6.08 Å². The van der Waals surface area contributed by atoms with E-state index in [-0.39, 0.29) is 24.7 Å². The minimum atomic E-state index is -0.247. The van der Waals surface area contributed by atoms with E-state index in [2.05, 4.69) is 0 Å². The SMILES string of the molecule is CCOC(=O)CC=Cc1ccc(C(=O)CN)cc1. The topological polar surface area (TPSA) is 69.4 Å². The van der Waals surface area contributed by atoms with Gasteiger partial charge in [0.1, 0.15) is 0 Å². The fourth-order valence-corrected chi connectivity index (χ4v) is 1.41. The maximum Gasteiger partial charge on any atom is 0.309 e. The van der Waals surface area contributed by atoms with E-state index < -0.39 is 0 Å². The predicted molar refractivity (Wildman–Crippen MR) is 70.1 cm³/mol. The van der Waals surface area contributed by atoms with Gasteiger partial charge in [-0.15, -0.1) is 0 Å². The summed E-state index contributed by atoms with van der Waals surface area (Å²) < 4.78 is 4.80. The van der Waals surface area contributed by atoms with Gasteiger partial charge < -0.3 is 10.5 Å². The number of Topliss-reactive ketones (excluding diaryl/α,β-unsaturated/α-hetero) is 1. The first-order valence-corrected chi connectivity index (χ1v) is 5.83. The predicted octanol–water partition coefficient (Wildman–Crippen LogP) is 1.79. The Morgan fingerprint density at radius 2 is 1.94 bits per heavy atom. The van der Waals surface area contributed by atoms with Crippen LogP contribution in [0.5, 0.6) is 0 Å². The van der Waals surface area contributed by atoms with Crippen molar-refractivity contribution in [2.75, 3.05) is 13.2 Å². The molecule has 1 aromatic carbocycles. The molecule has 0 saturated heterocycles. The van der Waals surface area contributed by atoms with Crippen LogP contribution in [0.1, 0.15) is 29.3 Å². The lowest BCUT2D eigenvalue weighted by Gasteiger charge is -1.99. The maximum atomic E-state index is 11.3. The molecule has 0 aliphatic carbocycles. The number of hydrogen-bond acceptors (Lipinski definition) is 4. The van der Waals surface area contributed by atoms with Gasteiger partial charge in [-0.3, -0.25) is 9.59 Å². The molecule has 0 aliphatic rings. The molecular weight excluding hydrogens is 230 g/mol. The zero-order valence-electron chi connectivity index (χ0n) is 10.4. The van der Waals surface area contributed by atoms with Crippen molar-refractivity contribution >= 4 is 17.8 Å². The van der Waals surface area contributed by atoms with Crippen LogP contribution in [-0.4, -0.2) is 24.9 Å². The van der Waals surface area contributed by atoms with Gasteiger partial charge in [-0.1, -0.05) is 36.4 Å². The molecule has 0 spiro atoms. The van der Waals surface area contributed by atoms with Gasteiger partial charge in [0.2, 0.25) is 0 Å². The Kier molecular flexibility index (Phi) is 5.80. The summed E-state index contributed by atoms with van der Waals surface area (Å²) in [6.07, 6.45) is 3.79. The molecule has 0 amide bonds. The lowest BCUT2D eigenvalue weighted by Crippen LogP contribution is -2.13. The molecule has 0 unspecified atom stereocenters. The summed E-state index contributed by atoms with van der Waals surface area (Å²) in [6.45, 7) is 2.18. The van der Waals surface area contributed by atoms with E-state index in [1.165, 1.54) is 0 Å². The molecule has 18 heavy (non-hydrogen) atoms. The minimum Gasteiger partial charge on any atom is -0.466 e. The van der Waals surface area contributed by atoms with E-state index in [4.69, 9.17) is 10.5 Å². The van der Waals surface area contributed by atoms with Crippen molar-refractivity contribution in [1.29, 1.82) is 0 Å². The highest BCUT2D eigenvalue weighted by molar-refractivity contribution is 5.97. The number of ketones is 1. The van der Waals surface area contributed by atoms with E-state index in [0.29, 0.717) is 12.2 Å². The lowest BCUT2D eigenvalue weighted by molar-refractivity contribution is -0.142. The van der Waals surface area contributed by atoms with Crippen LogP contribution in [0.2, 0.25) is 0 Å². The van der Waals surface area contributed by atoms with Gasteiger partial charge in [0, 0.05) is 5.56 Å². The number of hydrogen-bond donors (Lipinski definition) is 1. The third kappa shape index (κ3) is 4.51. The number of rotatable bonds is 6. The summed E-state index contributed by atoms with van der Waals surface area (Å²) in [5.41, 5.74) is 6.79. The molecule has 0 aliphatic heterocycles. The van der Waals surface area contributed by atoms with Crippen LogP contribution >= 0.6 is 0 Å². The molecule has 0 heterocycles. The smallest absolute Gasteiger partial charge is 0.309 e. The van der Waals surface area contributed by atoms with E-state index in [0.717, 1.165) is 5.56 Å². The standard InChI is InChI=1S/C14H17NO3/c1-2-18-14(17)5-3-4-11-6-8-12(9-7-11)13(16)10-15/h3-4,6-9H,2,5,10,15H2,1H3. The highest BCUT2D eigenvalue weighted by Crippen LogP contribution is 2.07. The average Bonchev–Trinajstić information content (AvgIpc) is 2.39. The highest BCUT2D eigenvalue weighted by atomic mass is 16.5. The molecule has 1 aromatic rings. The Bertz CT molecular complexity index is 435. The normalized spacial score (nSPS) is 10.6. The second-order valence-corrected chi connectivity index (χ2v) is 3.66. The van der Waals surface area contributed by atoms with Crippen LogP contribution in [0, 0.1) is 0 Å². The summed E-state index contributed by atoms with van der Waals surface area (Å²) in [5.74, 6) is -0.333. The lowest BCUT2D eigenvalue weighted by atomic mass is 10.1. The zero-order valence-corrected chi connectivity index (χ0v) is 10.4. The number of carbonyl (C=O) groups excluding carboxylic acids is 2. The fraction of sp³-hybridized carbons (Fsp3) is 0.286. The van der Waals surface area contributed by atoms with Gasteiger partial charge in [-0.25, -0.2) is 0 Å². The van der Waals surface area contributed by atoms with Gasteiger partial charge in [0.25, 0.3) is 0 Å². The molecule has 2 N–H and O–H groups in total. The summed E-state index contributed by atoms with van der Waals surface area (Å²) in [4.78, 5) is 22.4. The fourth-order valence-electron chi connectivity index (χ4n) is 1.41. The number of nitrogens with two attached hydrogens (primary N) is 1. The molecule has 0 radical (unpaired) electrons. The third-order valence-corrected chi connectivity index (χ3v) is 2.32. The first kappa shape index (κ1) is 14.1. The Morgan fingerprint density at radius 3 is 2.50 bits per heavy atom. The quantitative estimate of drug-likeness (QED) is 0.614. The molecule has 0 saturated carbocycles. The molecule has 0 fully saturated rings. The van der Waals surface area contributed by atoms with Crippen molar-refractivity contribution in [3.63, 3.8) is 0 Å². The van der Waals surface area contributed by atoms with E-state index >= 15 is 0 Å². The number of ether oxygens (including phenoxy) is 1. The first-order valence-electron chi connectivity index (χ1n) is 5.83. The average molecular weight is 247 g/mol. The summed E-state index contributed by atoms with van der Waals surface area (Å²) in [6, 6.07) is 7.06. The second-order valence-electron chi connectivity index (χ2n) is 3.66. The van der Waals surface area contributed by atoms with Gasteiger partial charge in [0.05, 0.1) is 19.6 Å². The Labute approximate surface area is 106 Å². The molecule has 0 bridgehead atoms. The maximum absolute atomic E-state index is 11.3. The Balaban J connectivity index is 2.56. The van der Waals surface area contributed by atoms with Crippen molar-refractivity contribution < 1.29 is 14.3 Å². The Hall–Kier alpha value is -1.94. The van der Waals surface area contributed by atoms with Crippen molar-refractivity contribution in [2.24, 2.45) is 5.73 Å². The second kappa shape index (κ2) is 7.40. The van der Waals surface area contributed by atoms with Crippen molar-refractivity contribution in [2.45, 2.75) is 13.3 Å². The number of carbonyl (C=O) groups is 2. The van der Waals surface area contributed by atoms with E-state index in [1.807, 2.05) is 18.2 Å². The van der Waals surface area contributed by atoms with E-state index in [1.54, 1.807) is 25.1 Å². The minimum absolute atomic E-state index is 0.0119. The largest absolute Gasteiger partial charge is 0.466 e. The monoisotopic (exact) mass is 247 g/mol. The summed E-state index contributed by atoms with van der Waals surface area (Å²) in [5, 5.41) is 0. The molecular formula is C14H17NO3. The molecule has 96 valence electrons. The van der Waals surface area contributed by atoms with Gasteiger partial charge in [-0.2, -0.15) is 0 Å². The van der Waals surface area contributed by atoms with Crippen molar-refractivity contribution in [3.05, 3.63) is 41.5 Å². The third-order valence-electron chi connectivity index (χ3n) is 2.32. The number of benzene rings is 1. The van der Waals surface area contributed by atoms with Crippen LogP contribution in [0.4, 0.5) is 0 Å². The van der Waals surface area contributed by atoms with Crippen molar-refractivity contribution in [3.8, 4) is 0 Å². The first-order chi connectivity index (χ1) is 8.67. The summed E-state index contributed by atoms with van der Waals surface area (Å²) in [7, 11) is 0. The van der Waals surface area contributed by atoms with Crippen LogP contribution < -0.4 is 5.73 Å². The van der Waals surface area contributed by atoms with Gasteiger partial charge in [0.15, 0.2) is 5.78 Å². The number of esters is 1. The molecule has 0 aromatic heterocycles. The van der Waals surface area contributed by atoms with Crippen LogP contribution in [0.15, 0.2) is 30.3 Å². The van der Waals surface area contributed by atoms with E-state index in [9.17, 15) is 9.59 Å². The molecule has 1 rings (SSSR count). The molecule has 0 atom stereocenters. The van der Waals surface area contributed by atoms with Gasteiger partial charge in [-0.05, 0) is 12.5 Å². The van der Waals surface area contributed by atoms with Crippen LogP contribution in [-0.2, 0) is 9.53 Å². The zero-order chi connectivity index (χ0) is 13.4. The molecule has 4 heteroatoms. The van der Waals surface area contributed by atoms with Crippen molar-refractivity contribution in [1.82, 2.24) is 0 Å². The highest BCUT2D eigenvalue weighted by Gasteiger charge is 2.01. The molecule has 4 nitrogen and oxygen atoms in total. The van der Waals surface area contributed by atoms with Crippen LogP contribution in [0.3, 0.4) is 0 Å². The summed E-state index contributed by atoms with van der Waals surface area (Å²) >= 11 is 0. The van der Waals surface area contributed by atoms with Gasteiger partial charge >= 0.3 is 5.97 Å².